The molecule has 0 amide bonds. The predicted octanol–water partition coefficient (Wildman–Crippen LogP) is 9.30. The molecule has 0 saturated carbocycles. The van der Waals surface area contributed by atoms with E-state index in [9.17, 15) is 0 Å². The van der Waals surface area contributed by atoms with E-state index in [0.29, 0.717) is 0 Å². The van der Waals surface area contributed by atoms with Crippen LogP contribution in [-0.2, 0) is 6.42 Å². The van der Waals surface area contributed by atoms with Crippen molar-refractivity contribution in [3.05, 3.63) is 35.2 Å². The number of thiophene rings is 1. The maximum absolute atomic E-state index is 4.53. The third-order valence-corrected chi connectivity index (χ3v) is 7.72. The highest BCUT2D eigenvalue weighted by atomic mass is 32.1. The van der Waals surface area contributed by atoms with Gasteiger partial charge in [0.25, 0.3) is 0 Å². The summed E-state index contributed by atoms with van der Waals surface area (Å²) >= 11 is 3.18. The lowest BCUT2D eigenvalue weighted by atomic mass is 9.89. The first kappa shape index (κ1) is 23.4. The van der Waals surface area contributed by atoms with E-state index in [1.54, 1.807) is 0 Å². The van der Waals surface area contributed by atoms with Gasteiger partial charge in [-0.1, -0.05) is 103 Å². The fourth-order valence-electron chi connectivity index (χ4n) is 4.38. The standard InChI is InChI=1S/C26H38N2S2/c1-3-5-7-9-10-12-15-21(14-11-8-6-4-2)18-22-19-25(29-20-22)23-16-13-17-24-26(23)28-30-27-24/h13,16-17,19-21H,3-12,14-15,18H2,1-2H3. The molecule has 30 heavy (non-hydrogen) atoms. The fraction of sp³-hybridized carbons (Fsp3) is 0.615. The minimum absolute atomic E-state index is 0.840. The first-order valence-electron chi connectivity index (χ1n) is 12.1. The maximum Gasteiger partial charge on any atom is 0.113 e. The van der Waals surface area contributed by atoms with Crippen LogP contribution in [-0.4, -0.2) is 8.75 Å². The lowest BCUT2D eigenvalue weighted by molar-refractivity contribution is 0.402. The van der Waals surface area contributed by atoms with E-state index < -0.39 is 0 Å². The molecule has 0 fully saturated rings. The molecule has 164 valence electrons. The Bertz CT molecular complexity index is 851. The quantitative estimate of drug-likeness (QED) is 0.219. The van der Waals surface area contributed by atoms with Gasteiger partial charge in [0.1, 0.15) is 11.0 Å². The maximum atomic E-state index is 4.53. The number of fused-ring (bicyclic) bond motifs is 1. The van der Waals surface area contributed by atoms with Crippen LogP contribution in [0, 0.1) is 5.92 Å². The van der Waals surface area contributed by atoms with E-state index >= 15 is 0 Å². The molecule has 0 radical (unpaired) electrons. The number of benzene rings is 1. The second-order valence-corrected chi connectivity index (χ2v) is 10.2. The van der Waals surface area contributed by atoms with Gasteiger partial charge in [0.05, 0.1) is 11.7 Å². The van der Waals surface area contributed by atoms with Crippen molar-refractivity contribution in [3.63, 3.8) is 0 Å². The van der Waals surface area contributed by atoms with Gasteiger partial charge in [-0.2, -0.15) is 8.75 Å². The van der Waals surface area contributed by atoms with Crippen molar-refractivity contribution in [2.45, 2.75) is 97.3 Å². The molecular weight excluding hydrogens is 404 g/mol. The molecule has 0 aliphatic carbocycles. The van der Waals surface area contributed by atoms with Crippen molar-refractivity contribution in [2.24, 2.45) is 5.92 Å². The fourth-order valence-corrected chi connectivity index (χ4v) is 5.89. The van der Waals surface area contributed by atoms with Crippen LogP contribution in [0.5, 0.6) is 0 Å². The Balaban J connectivity index is 1.58. The zero-order valence-electron chi connectivity index (χ0n) is 18.9. The smallest absolute Gasteiger partial charge is 0.113 e. The molecule has 0 spiro atoms. The van der Waals surface area contributed by atoms with Crippen molar-refractivity contribution < 1.29 is 0 Å². The van der Waals surface area contributed by atoms with Gasteiger partial charge >= 0.3 is 0 Å². The second-order valence-electron chi connectivity index (χ2n) is 8.73. The van der Waals surface area contributed by atoms with Gasteiger partial charge in [-0.05, 0) is 35.4 Å². The molecule has 0 bridgehead atoms. The van der Waals surface area contributed by atoms with Gasteiger partial charge in [-0.3, -0.25) is 0 Å². The number of nitrogens with zero attached hydrogens (tertiary/aromatic N) is 2. The summed E-state index contributed by atoms with van der Waals surface area (Å²) in [4.78, 5) is 1.34. The molecule has 2 aromatic heterocycles. The van der Waals surface area contributed by atoms with Gasteiger partial charge in [-0.25, -0.2) is 0 Å². The van der Waals surface area contributed by atoms with Gasteiger partial charge < -0.3 is 0 Å². The monoisotopic (exact) mass is 442 g/mol. The molecule has 1 atom stereocenters. The molecule has 0 aliphatic rings. The first-order chi connectivity index (χ1) is 14.8. The third kappa shape index (κ3) is 7.16. The SMILES string of the molecule is CCCCCCCCC(CCCCCC)Cc1csc(-c2cccc3nsnc23)c1. The Hall–Kier alpha value is -1.26. The molecule has 0 saturated heterocycles. The highest BCUT2D eigenvalue weighted by Crippen LogP contribution is 2.34. The minimum atomic E-state index is 0.840. The number of unbranched alkanes of at least 4 members (excludes halogenated alkanes) is 8. The van der Waals surface area contributed by atoms with Gasteiger partial charge in [0.15, 0.2) is 0 Å². The Morgan fingerprint density at radius 2 is 1.53 bits per heavy atom. The molecule has 3 rings (SSSR count). The summed E-state index contributed by atoms with van der Waals surface area (Å²) < 4.78 is 8.94. The van der Waals surface area contributed by atoms with Crippen molar-refractivity contribution in [2.75, 3.05) is 0 Å². The van der Waals surface area contributed by atoms with Crippen LogP contribution in [0.25, 0.3) is 21.5 Å². The summed E-state index contributed by atoms with van der Waals surface area (Å²) in [7, 11) is 0. The average Bonchev–Trinajstić information content (AvgIpc) is 3.42. The summed E-state index contributed by atoms with van der Waals surface area (Å²) in [5.74, 6) is 0.840. The topological polar surface area (TPSA) is 25.8 Å². The summed E-state index contributed by atoms with van der Waals surface area (Å²) in [5.41, 5.74) is 4.83. The number of aromatic nitrogens is 2. The minimum Gasteiger partial charge on any atom is -0.173 e. The van der Waals surface area contributed by atoms with Crippen LogP contribution in [0.2, 0.25) is 0 Å². The van der Waals surface area contributed by atoms with Crippen LogP contribution in [0.1, 0.15) is 96.5 Å². The lowest BCUT2D eigenvalue weighted by Crippen LogP contribution is -2.05. The van der Waals surface area contributed by atoms with Crippen molar-refractivity contribution in [1.29, 1.82) is 0 Å². The molecule has 1 aromatic carbocycles. The molecule has 3 aromatic rings. The Kier molecular flexibility index (Phi) is 10.3. The Labute approximate surface area is 191 Å². The van der Waals surface area contributed by atoms with E-state index in [-0.39, 0.29) is 0 Å². The van der Waals surface area contributed by atoms with E-state index in [0.717, 1.165) is 17.0 Å². The molecule has 0 N–H and O–H groups in total. The number of hydrogen-bond acceptors (Lipinski definition) is 4. The summed E-state index contributed by atoms with van der Waals surface area (Å²) in [6.45, 7) is 4.60. The first-order valence-corrected chi connectivity index (χ1v) is 13.7. The second kappa shape index (κ2) is 13.2. The molecule has 2 nitrogen and oxygen atoms in total. The zero-order chi connectivity index (χ0) is 21.0. The van der Waals surface area contributed by atoms with Crippen molar-refractivity contribution >= 4 is 34.1 Å². The van der Waals surface area contributed by atoms with E-state index in [2.05, 4.69) is 52.2 Å². The number of hydrogen-bond donors (Lipinski definition) is 0. The van der Waals surface area contributed by atoms with Gasteiger partial charge in [0, 0.05) is 10.4 Å². The number of rotatable bonds is 15. The molecular formula is C26H38N2S2. The van der Waals surface area contributed by atoms with Crippen molar-refractivity contribution in [3.8, 4) is 10.4 Å². The van der Waals surface area contributed by atoms with Crippen LogP contribution in [0.4, 0.5) is 0 Å². The predicted molar refractivity (Wildman–Crippen MR) is 135 cm³/mol. The molecule has 2 heterocycles. The summed E-state index contributed by atoms with van der Waals surface area (Å²) in [6.07, 6.45) is 17.9. The van der Waals surface area contributed by atoms with Crippen LogP contribution >= 0.6 is 23.1 Å². The molecule has 0 aliphatic heterocycles. The zero-order valence-corrected chi connectivity index (χ0v) is 20.5. The largest absolute Gasteiger partial charge is 0.173 e. The van der Waals surface area contributed by atoms with Gasteiger partial charge in [-0.15, -0.1) is 11.3 Å². The Morgan fingerprint density at radius 3 is 2.30 bits per heavy atom. The normalized spacial score (nSPS) is 12.6. The molecule has 4 heteroatoms. The van der Waals surface area contributed by atoms with Crippen LogP contribution in [0.15, 0.2) is 29.6 Å². The Morgan fingerprint density at radius 1 is 0.833 bits per heavy atom. The van der Waals surface area contributed by atoms with Gasteiger partial charge in [0.2, 0.25) is 0 Å². The third-order valence-electron chi connectivity index (χ3n) is 6.16. The van der Waals surface area contributed by atoms with E-state index in [4.69, 9.17) is 0 Å². The van der Waals surface area contributed by atoms with E-state index in [1.807, 2.05) is 11.3 Å². The summed E-state index contributed by atoms with van der Waals surface area (Å²) in [6, 6.07) is 8.77. The lowest BCUT2D eigenvalue weighted by Gasteiger charge is -2.16. The van der Waals surface area contributed by atoms with Crippen LogP contribution < -0.4 is 0 Å². The summed E-state index contributed by atoms with van der Waals surface area (Å²) in [5, 5.41) is 2.38. The average molecular weight is 443 g/mol. The van der Waals surface area contributed by atoms with Crippen LogP contribution in [0.3, 0.4) is 0 Å². The van der Waals surface area contributed by atoms with E-state index in [1.165, 1.54) is 111 Å². The van der Waals surface area contributed by atoms with Crippen molar-refractivity contribution in [1.82, 2.24) is 8.75 Å². The highest BCUT2D eigenvalue weighted by molar-refractivity contribution is 7.13. The molecule has 1 unspecified atom stereocenters. The highest BCUT2D eigenvalue weighted by Gasteiger charge is 2.14.